The average molecular weight is 484 g/mol. The predicted molar refractivity (Wildman–Crippen MR) is 152 cm³/mol. The third-order valence-corrected chi connectivity index (χ3v) is 6.85. The maximum Gasteiger partial charge on any atom is 0.195 e. The molecule has 0 bridgehead atoms. The number of imidazole rings is 1. The molecule has 5 N–H and O–H groups in total. The molecule has 7 rings (SSSR count). The van der Waals surface area contributed by atoms with Crippen LogP contribution in [0.4, 0.5) is 17.1 Å². The molecule has 7 heteroatoms. The van der Waals surface area contributed by atoms with E-state index in [9.17, 15) is 0 Å². The van der Waals surface area contributed by atoms with E-state index in [4.69, 9.17) is 15.7 Å². The first kappa shape index (κ1) is 21.4. The van der Waals surface area contributed by atoms with E-state index in [-0.39, 0.29) is 0 Å². The molecule has 180 valence electrons. The molecule has 4 aromatic carbocycles. The number of aliphatic imine (C=N–C) groups is 2. The van der Waals surface area contributed by atoms with Gasteiger partial charge in [0.05, 0.1) is 29.0 Å². The Kier molecular flexibility index (Phi) is 4.99. The van der Waals surface area contributed by atoms with Crippen LogP contribution in [0.15, 0.2) is 94.9 Å². The highest BCUT2D eigenvalue weighted by Gasteiger charge is 2.17. The number of nitrogens with one attached hydrogen (secondary N) is 3. The van der Waals surface area contributed by atoms with Gasteiger partial charge in [0.2, 0.25) is 0 Å². The number of anilines is 2. The van der Waals surface area contributed by atoms with E-state index in [1.165, 1.54) is 5.56 Å². The minimum Gasteiger partial charge on any atom is -0.399 e. The number of nitrogens with two attached hydrogens (primary N) is 1. The van der Waals surface area contributed by atoms with Crippen molar-refractivity contribution in [2.45, 2.75) is 6.42 Å². The first-order valence-corrected chi connectivity index (χ1v) is 12.4. The summed E-state index contributed by atoms with van der Waals surface area (Å²) >= 11 is 0. The monoisotopic (exact) mass is 483 g/mol. The number of hydrogen-bond acceptors (Lipinski definition) is 6. The van der Waals surface area contributed by atoms with Gasteiger partial charge in [-0.1, -0.05) is 30.3 Å². The number of rotatable bonds is 4. The molecule has 0 unspecified atom stereocenters. The summed E-state index contributed by atoms with van der Waals surface area (Å²) in [5, 5.41) is 6.55. The number of nitrogen functional groups attached to an aromatic ring is 1. The summed E-state index contributed by atoms with van der Waals surface area (Å²) < 4.78 is 0. The van der Waals surface area contributed by atoms with Crippen molar-refractivity contribution in [3.63, 3.8) is 0 Å². The minimum absolute atomic E-state index is 0.742. The second-order valence-electron chi connectivity index (χ2n) is 9.38. The van der Waals surface area contributed by atoms with Gasteiger partial charge in [-0.3, -0.25) is 9.98 Å². The van der Waals surface area contributed by atoms with Crippen LogP contribution < -0.4 is 16.4 Å². The Morgan fingerprint density at radius 1 is 0.784 bits per heavy atom. The van der Waals surface area contributed by atoms with Gasteiger partial charge in [0.25, 0.3) is 0 Å². The quantitative estimate of drug-likeness (QED) is 0.253. The van der Waals surface area contributed by atoms with Gasteiger partial charge in [-0.25, -0.2) is 4.98 Å². The molecule has 0 radical (unpaired) electrons. The van der Waals surface area contributed by atoms with E-state index < -0.39 is 0 Å². The van der Waals surface area contributed by atoms with Crippen LogP contribution in [0.2, 0.25) is 0 Å². The molecule has 1 aromatic heterocycles. The van der Waals surface area contributed by atoms with Crippen molar-refractivity contribution in [2.75, 3.05) is 24.1 Å². The van der Waals surface area contributed by atoms with Crippen LogP contribution in [0.3, 0.4) is 0 Å². The van der Waals surface area contributed by atoms with Crippen molar-refractivity contribution in [3.05, 3.63) is 96.1 Å². The zero-order chi connectivity index (χ0) is 24.8. The molecule has 0 saturated heterocycles. The lowest BCUT2D eigenvalue weighted by Crippen LogP contribution is -2.26. The van der Waals surface area contributed by atoms with E-state index in [1.54, 1.807) is 0 Å². The molecule has 0 amide bonds. The van der Waals surface area contributed by atoms with Crippen LogP contribution in [-0.2, 0) is 6.42 Å². The van der Waals surface area contributed by atoms with Crippen molar-refractivity contribution in [1.82, 2.24) is 15.3 Å². The van der Waals surface area contributed by atoms with Gasteiger partial charge in [0.15, 0.2) is 5.96 Å². The van der Waals surface area contributed by atoms with E-state index in [2.05, 4.69) is 81.3 Å². The fourth-order valence-electron chi connectivity index (χ4n) is 4.86. The fraction of sp³-hybridized carbons (Fsp3) is 0.100. The van der Waals surface area contributed by atoms with Gasteiger partial charge >= 0.3 is 0 Å². The predicted octanol–water partition coefficient (Wildman–Crippen LogP) is 5.53. The van der Waals surface area contributed by atoms with Crippen LogP contribution in [0.1, 0.15) is 11.1 Å². The molecule has 0 spiro atoms. The Balaban J connectivity index is 1.14. The summed E-state index contributed by atoms with van der Waals surface area (Å²) in [6.07, 6.45) is 0.835. The van der Waals surface area contributed by atoms with E-state index in [0.29, 0.717) is 0 Å². The van der Waals surface area contributed by atoms with Crippen molar-refractivity contribution in [2.24, 2.45) is 9.98 Å². The van der Waals surface area contributed by atoms with Crippen molar-refractivity contribution >= 4 is 39.8 Å². The van der Waals surface area contributed by atoms with Crippen molar-refractivity contribution in [3.8, 4) is 22.5 Å². The lowest BCUT2D eigenvalue weighted by atomic mass is 10.00. The largest absolute Gasteiger partial charge is 0.399 e. The third-order valence-electron chi connectivity index (χ3n) is 6.85. The number of benzene rings is 4. The Bertz CT molecular complexity index is 1690. The molecule has 3 heterocycles. The zero-order valence-corrected chi connectivity index (χ0v) is 20.1. The number of guanidine groups is 1. The first-order valence-electron chi connectivity index (χ1n) is 12.4. The minimum atomic E-state index is 0.742. The normalized spacial score (nSPS) is 14.3. The lowest BCUT2D eigenvalue weighted by molar-refractivity contribution is 0.959. The van der Waals surface area contributed by atoms with Crippen LogP contribution in [0.5, 0.6) is 0 Å². The van der Waals surface area contributed by atoms with Crippen LogP contribution in [-0.4, -0.2) is 34.7 Å². The SMILES string of the molecule is Nc1ccc(-c2nc3ccc(-c4ccc5c(c4)N=C(c4ccc(NC6=NCCN6)cc4)C5)cc3[nH]2)cc1. The Labute approximate surface area is 214 Å². The van der Waals surface area contributed by atoms with Gasteiger partial charge in [-0.2, -0.15) is 0 Å². The molecule has 2 aliphatic rings. The number of hydrogen-bond donors (Lipinski definition) is 4. The summed E-state index contributed by atoms with van der Waals surface area (Å²) in [6, 6.07) is 29.0. The van der Waals surface area contributed by atoms with Crippen LogP contribution in [0, 0.1) is 0 Å². The highest BCUT2D eigenvalue weighted by atomic mass is 15.2. The average Bonchev–Trinajstić information content (AvgIpc) is 3.68. The highest BCUT2D eigenvalue weighted by Crippen LogP contribution is 2.34. The molecule has 0 atom stereocenters. The van der Waals surface area contributed by atoms with Gasteiger partial charge in [0, 0.05) is 29.9 Å². The Hall–Kier alpha value is -4.91. The van der Waals surface area contributed by atoms with Crippen LogP contribution in [0.25, 0.3) is 33.5 Å². The molecular weight excluding hydrogens is 458 g/mol. The molecule has 37 heavy (non-hydrogen) atoms. The van der Waals surface area contributed by atoms with Crippen molar-refractivity contribution < 1.29 is 0 Å². The Morgan fingerprint density at radius 3 is 2.35 bits per heavy atom. The number of H-pyrrole nitrogens is 1. The maximum atomic E-state index is 5.83. The highest BCUT2D eigenvalue weighted by molar-refractivity contribution is 6.07. The second kappa shape index (κ2) is 8.64. The number of nitrogens with zero attached hydrogens (tertiary/aromatic N) is 3. The molecule has 5 aromatic rings. The first-order chi connectivity index (χ1) is 18.2. The molecule has 0 fully saturated rings. The van der Waals surface area contributed by atoms with Gasteiger partial charge < -0.3 is 21.4 Å². The van der Waals surface area contributed by atoms with E-state index in [1.807, 2.05) is 24.3 Å². The number of aromatic nitrogens is 2. The molecule has 0 aliphatic carbocycles. The topological polar surface area (TPSA) is 103 Å². The summed E-state index contributed by atoms with van der Waals surface area (Å²) in [4.78, 5) is 17.6. The number of aromatic amines is 1. The van der Waals surface area contributed by atoms with Gasteiger partial charge in [-0.15, -0.1) is 0 Å². The third kappa shape index (κ3) is 4.10. The van der Waals surface area contributed by atoms with E-state index >= 15 is 0 Å². The summed E-state index contributed by atoms with van der Waals surface area (Å²) in [5.74, 6) is 1.67. The number of fused-ring (bicyclic) bond motifs is 2. The van der Waals surface area contributed by atoms with Gasteiger partial charge in [0.1, 0.15) is 5.82 Å². The smallest absolute Gasteiger partial charge is 0.195 e. The summed E-state index contributed by atoms with van der Waals surface area (Å²) in [5.41, 5.74) is 17.3. The maximum absolute atomic E-state index is 5.83. The van der Waals surface area contributed by atoms with Gasteiger partial charge in [-0.05, 0) is 76.9 Å². The fourth-order valence-corrected chi connectivity index (χ4v) is 4.86. The zero-order valence-electron chi connectivity index (χ0n) is 20.1. The second-order valence-corrected chi connectivity index (χ2v) is 9.38. The van der Waals surface area contributed by atoms with Crippen molar-refractivity contribution in [1.29, 1.82) is 0 Å². The molecule has 0 saturated carbocycles. The molecular formula is C30H25N7. The van der Waals surface area contributed by atoms with Crippen LogP contribution >= 0.6 is 0 Å². The molecule has 7 nitrogen and oxygen atoms in total. The Morgan fingerprint density at radius 2 is 1.54 bits per heavy atom. The molecule has 2 aliphatic heterocycles. The summed E-state index contributed by atoms with van der Waals surface area (Å²) in [7, 11) is 0. The lowest BCUT2D eigenvalue weighted by Gasteiger charge is -2.07. The summed E-state index contributed by atoms with van der Waals surface area (Å²) in [6.45, 7) is 1.70. The van der Waals surface area contributed by atoms with E-state index in [0.717, 1.165) is 87.4 Å². The standard InChI is InChI=1S/C30H25N7/c31-23-8-3-19(4-9-23)29-36-25-12-7-21(16-28(25)37-29)20-1-2-22-17-26(35-27(22)15-20)18-5-10-24(11-6-18)34-30-32-13-14-33-30/h1-12,15-16H,13-14,17,31H2,(H,36,37)(H2,32,33,34).